The maximum absolute atomic E-state index is 12.2. The zero-order valence-electron chi connectivity index (χ0n) is 14.2. The summed E-state index contributed by atoms with van der Waals surface area (Å²) in [4.78, 5) is 28.1. The van der Waals surface area contributed by atoms with Crippen LogP contribution in [0.15, 0.2) is 34.7 Å². The molecular weight excluding hydrogens is 320 g/mol. The molecule has 0 saturated heterocycles. The number of hydrogen-bond donors (Lipinski definition) is 2. The Morgan fingerprint density at radius 3 is 2.56 bits per heavy atom. The fourth-order valence-corrected chi connectivity index (χ4v) is 3.34. The van der Waals surface area contributed by atoms with Gasteiger partial charge >= 0.3 is 5.97 Å². The number of rotatable bonds is 6. The van der Waals surface area contributed by atoms with Gasteiger partial charge in [0.2, 0.25) is 5.91 Å². The average molecular weight is 342 g/mol. The minimum Gasteiger partial charge on any atom is -0.480 e. The number of aryl methyl sites for hydroxylation is 2. The highest BCUT2D eigenvalue weighted by Gasteiger charge is 2.42. The molecule has 25 heavy (non-hydrogen) atoms. The maximum Gasteiger partial charge on any atom is 0.329 e. The van der Waals surface area contributed by atoms with E-state index in [4.69, 9.17) is 4.42 Å². The predicted molar refractivity (Wildman–Crippen MR) is 92.0 cm³/mol. The third kappa shape index (κ3) is 3.73. The quantitative estimate of drug-likeness (QED) is 0.841. The van der Waals surface area contributed by atoms with Crippen molar-refractivity contribution in [2.75, 3.05) is 0 Å². The molecule has 2 aromatic rings. The molecule has 0 radical (unpaired) electrons. The Hall–Kier alpha value is -2.63. The summed E-state index contributed by atoms with van der Waals surface area (Å²) in [6.45, 7) is 1.87. The summed E-state index contributed by atoms with van der Waals surface area (Å²) in [6, 6.07) is 9.68. The summed E-state index contributed by atoms with van der Waals surface area (Å²) in [5.41, 5.74) is 0.622. The van der Waals surface area contributed by atoms with Crippen LogP contribution in [0.25, 0.3) is 11.3 Å². The molecule has 0 atom stereocenters. The smallest absolute Gasteiger partial charge is 0.329 e. The van der Waals surface area contributed by atoms with E-state index < -0.39 is 11.5 Å². The summed E-state index contributed by atoms with van der Waals surface area (Å²) in [5, 5.41) is 12.1. The Balaban J connectivity index is 1.62. The van der Waals surface area contributed by atoms with E-state index >= 15 is 0 Å². The molecule has 1 aliphatic carbocycles. The monoisotopic (exact) mass is 342 g/mol. The zero-order valence-corrected chi connectivity index (χ0v) is 14.2. The highest BCUT2D eigenvalue weighted by atomic mass is 16.4. The molecule has 3 rings (SSSR count). The third-order valence-electron chi connectivity index (χ3n) is 4.69. The van der Waals surface area contributed by atoms with Crippen LogP contribution in [-0.2, 0) is 16.0 Å². The van der Waals surface area contributed by atoms with E-state index in [0.717, 1.165) is 24.1 Å². The molecule has 0 bridgehead atoms. The molecule has 6 nitrogen and oxygen atoms in total. The fraction of sp³-hybridized carbons (Fsp3) is 0.421. The van der Waals surface area contributed by atoms with Crippen molar-refractivity contribution in [3.8, 4) is 11.3 Å². The number of oxazole rings is 1. The van der Waals surface area contributed by atoms with Crippen LogP contribution in [0.1, 0.15) is 43.7 Å². The molecule has 0 unspecified atom stereocenters. The van der Waals surface area contributed by atoms with Crippen LogP contribution in [0, 0.1) is 6.92 Å². The van der Waals surface area contributed by atoms with E-state index in [9.17, 15) is 14.7 Å². The first-order valence-corrected chi connectivity index (χ1v) is 8.56. The number of hydrogen-bond acceptors (Lipinski definition) is 4. The van der Waals surface area contributed by atoms with Crippen LogP contribution in [0.3, 0.4) is 0 Å². The maximum atomic E-state index is 12.2. The van der Waals surface area contributed by atoms with Gasteiger partial charge in [0.25, 0.3) is 0 Å². The van der Waals surface area contributed by atoms with Gasteiger partial charge in [-0.15, -0.1) is 0 Å². The number of aliphatic carboxylic acids is 1. The van der Waals surface area contributed by atoms with Gasteiger partial charge in [-0.2, -0.15) is 0 Å². The Kier molecular flexibility index (Phi) is 4.88. The lowest BCUT2D eigenvalue weighted by Gasteiger charge is -2.25. The topological polar surface area (TPSA) is 92.4 Å². The first kappa shape index (κ1) is 17.2. The van der Waals surface area contributed by atoms with Gasteiger partial charge in [-0.25, -0.2) is 9.78 Å². The number of benzene rings is 1. The van der Waals surface area contributed by atoms with Gasteiger partial charge in [0, 0.05) is 18.4 Å². The molecule has 1 aromatic carbocycles. The minimum absolute atomic E-state index is 0.156. The van der Waals surface area contributed by atoms with Crippen molar-refractivity contribution in [3.05, 3.63) is 41.9 Å². The number of carbonyl (C=O) groups is 2. The molecule has 1 fully saturated rings. The van der Waals surface area contributed by atoms with E-state index in [-0.39, 0.29) is 12.3 Å². The Labute approximate surface area is 146 Å². The molecule has 0 spiro atoms. The molecule has 6 heteroatoms. The van der Waals surface area contributed by atoms with Crippen LogP contribution in [0.2, 0.25) is 0 Å². The number of nitrogens with one attached hydrogen (secondary N) is 1. The number of carbonyl (C=O) groups excluding carboxylic acids is 1. The van der Waals surface area contributed by atoms with Crippen molar-refractivity contribution in [1.82, 2.24) is 10.3 Å². The van der Waals surface area contributed by atoms with Gasteiger partial charge in [-0.3, -0.25) is 4.79 Å². The lowest BCUT2D eigenvalue weighted by Crippen LogP contribution is -2.52. The second-order valence-corrected chi connectivity index (χ2v) is 6.53. The standard InChI is InChI=1S/C19H22N2O4/c1-13-17(14-7-3-2-4-8-14)25-16(20-13)10-9-15(22)21-19(18(23)24)11-5-6-12-19/h2-4,7-8H,5-6,9-12H2,1H3,(H,21,22)(H,23,24). The fourth-order valence-electron chi connectivity index (χ4n) is 3.34. The van der Waals surface area contributed by atoms with Crippen molar-refractivity contribution in [2.45, 2.75) is 51.0 Å². The lowest BCUT2D eigenvalue weighted by atomic mass is 9.97. The van der Waals surface area contributed by atoms with Gasteiger partial charge in [0.1, 0.15) is 5.54 Å². The van der Waals surface area contributed by atoms with Crippen LogP contribution in [0.4, 0.5) is 0 Å². The highest BCUT2D eigenvalue weighted by molar-refractivity contribution is 5.87. The number of aromatic nitrogens is 1. The van der Waals surface area contributed by atoms with E-state index in [0.29, 0.717) is 30.9 Å². The first-order valence-electron chi connectivity index (χ1n) is 8.56. The minimum atomic E-state index is -1.10. The molecule has 1 amide bonds. The van der Waals surface area contributed by atoms with Crippen LogP contribution in [0.5, 0.6) is 0 Å². The third-order valence-corrected chi connectivity index (χ3v) is 4.69. The lowest BCUT2D eigenvalue weighted by molar-refractivity contribution is -0.147. The first-order chi connectivity index (χ1) is 12.0. The zero-order chi connectivity index (χ0) is 17.9. The normalized spacial score (nSPS) is 15.9. The van der Waals surface area contributed by atoms with Gasteiger partial charge in [-0.05, 0) is 19.8 Å². The van der Waals surface area contributed by atoms with E-state index in [1.54, 1.807) is 0 Å². The van der Waals surface area contributed by atoms with Gasteiger partial charge in [-0.1, -0.05) is 43.2 Å². The Bertz CT molecular complexity index is 761. The molecule has 0 aliphatic heterocycles. The SMILES string of the molecule is Cc1nc(CCC(=O)NC2(C(=O)O)CCCC2)oc1-c1ccccc1. The second kappa shape index (κ2) is 7.09. The number of amides is 1. The van der Waals surface area contributed by atoms with E-state index in [1.165, 1.54) is 0 Å². The van der Waals surface area contributed by atoms with Crippen molar-refractivity contribution >= 4 is 11.9 Å². The molecule has 1 saturated carbocycles. The second-order valence-electron chi connectivity index (χ2n) is 6.53. The average Bonchev–Trinajstić information content (AvgIpc) is 3.21. The highest BCUT2D eigenvalue weighted by Crippen LogP contribution is 2.30. The van der Waals surface area contributed by atoms with Gasteiger partial charge in [0.15, 0.2) is 11.7 Å². The van der Waals surface area contributed by atoms with Crippen LogP contribution < -0.4 is 5.32 Å². The summed E-state index contributed by atoms with van der Waals surface area (Å²) >= 11 is 0. The van der Waals surface area contributed by atoms with Crippen LogP contribution >= 0.6 is 0 Å². The summed E-state index contributed by atoms with van der Waals surface area (Å²) in [5.74, 6) is -0.0331. The summed E-state index contributed by atoms with van der Waals surface area (Å²) in [7, 11) is 0. The van der Waals surface area contributed by atoms with Crippen molar-refractivity contribution in [2.24, 2.45) is 0 Å². The number of carboxylic acid groups (broad SMARTS) is 1. The Morgan fingerprint density at radius 1 is 1.24 bits per heavy atom. The van der Waals surface area contributed by atoms with E-state index in [2.05, 4.69) is 10.3 Å². The number of carboxylic acids is 1. The largest absolute Gasteiger partial charge is 0.480 e. The molecular formula is C19H22N2O4. The Morgan fingerprint density at radius 2 is 1.92 bits per heavy atom. The molecule has 132 valence electrons. The van der Waals surface area contributed by atoms with Crippen molar-refractivity contribution in [1.29, 1.82) is 0 Å². The van der Waals surface area contributed by atoms with Crippen molar-refractivity contribution in [3.63, 3.8) is 0 Å². The molecule has 2 N–H and O–H groups in total. The van der Waals surface area contributed by atoms with Crippen LogP contribution in [-0.4, -0.2) is 27.5 Å². The predicted octanol–water partition coefficient (Wildman–Crippen LogP) is 3.10. The number of nitrogens with zero attached hydrogens (tertiary/aromatic N) is 1. The summed E-state index contributed by atoms with van der Waals surface area (Å²) < 4.78 is 5.79. The molecule has 1 aromatic heterocycles. The van der Waals surface area contributed by atoms with Gasteiger partial charge in [0.05, 0.1) is 5.69 Å². The van der Waals surface area contributed by atoms with Crippen molar-refractivity contribution < 1.29 is 19.1 Å². The van der Waals surface area contributed by atoms with E-state index in [1.807, 2.05) is 37.3 Å². The molecule has 1 aliphatic rings. The summed E-state index contributed by atoms with van der Waals surface area (Å²) in [6.07, 6.45) is 3.13. The van der Waals surface area contributed by atoms with Gasteiger partial charge < -0.3 is 14.8 Å². The molecule has 1 heterocycles.